The number of piperidine rings is 1. The molecule has 1 aliphatic heterocycles. The van der Waals surface area contributed by atoms with E-state index < -0.39 is 12.1 Å². The monoisotopic (exact) mass is 351 g/mol. The number of hydrogen-bond donors (Lipinski definition) is 3. The Hall–Kier alpha value is -0.0700. The lowest BCUT2D eigenvalue weighted by Crippen LogP contribution is -2.53. The highest BCUT2D eigenvalue weighted by atomic mass is 35.5. The van der Waals surface area contributed by atoms with Crippen LogP contribution in [0.5, 0.6) is 0 Å². The van der Waals surface area contributed by atoms with Crippen molar-refractivity contribution in [2.75, 3.05) is 13.1 Å². The maximum atomic E-state index is 11.9. The highest BCUT2D eigenvalue weighted by Crippen LogP contribution is 2.36. The number of halogens is 2. The second-order valence-corrected chi connectivity index (χ2v) is 7.88. The summed E-state index contributed by atoms with van der Waals surface area (Å²) in [6.07, 6.45) is 2.35. The zero-order valence-electron chi connectivity index (χ0n) is 13.0. The van der Waals surface area contributed by atoms with E-state index in [2.05, 4.69) is 0 Å². The molecule has 0 spiro atoms. The molecule has 5 N–H and O–H groups in total. The molecule has 0 radical (unpaired) electrons. The molecule has 0 aromatic carbocycles. The van der Waals surface area contributed by atoms with E-state index >= 15 is 0 Å². The van der Waals surface area contributed by atoms with Gasteiger partial charge in [0.15, 0.2) is 0 Å². The standard InChI is InChI=1S/C15H27Cl2N3O2/c1-8(18)15(22)20-4-2-9(3-5-20)14(19)10-6-11(16)12(17)7-13(10)21/h8-14,21H,2-7,18-19H2,1H3/t8-,10?,11?,12?,13?,14?/m0/s1. The first-order valence-electron chi connectivity index (χ1n) is 8.07. The fourth-order valence-electron chi connectivity index (χ4n) is 3.67. The summed E-state index contributed by atoms with van der Waals surface area (Å²) in [5, 5.41) is 9.94. The van der Waals surface area contributed by atoms with Gasteiger partial charge >= 0.3 is 0 Å². The smallest absolute Gasteiger partial charge is 0.239 e. The van der Waals surface area contributed by atoms with Crippen LogP contribution < -0.4 is 11.5 Å². The van der Waals surface area contributed by atoms with Gasteiger partial charge < -0.3 is 21.5 Å². The highest BCUT2D eigenvalue weighted by Gasteiger charge is 2.40. The molecular weight excluding hydrogens is 325 g/mol. The average molecular weight is 352 g/mol. The summed E-state index contributed by atoms with van der Waals surface area (Å²) in [6, 6.07) is -0.559. The Morgan fingerprint density at radius 1 is 1.18 bits per heavy atom. The number of nitrogens with zero attached hydrogens (tertiary/aromatic N) is 1. The average Bonchev–Trinajstić information content (AvgIpc) is 2.49. The number of hydrogen-bond acceptors (Lipinski definition) is 4. The summed E-state index contributed by atoms with van der Waals surface area (Å²) in [5.74, 6) is 0.279. The van der Waals surface area contributed by atoms with Gasteiger partial charge in [0.2, 0.25) is 5.91 Å². The number of nitrogens with two attached hydrogens (primary N) is 2. The van der Waals surface area contributed by atoms with Crippen LogP contribution in [0.2, 0.25) is 0 Å². The molecule has 1 amide bonds. The molecule has 5 nitrogen and oxygen atoms in total. The van der Waals surface area contributed by atoms with Gasteiger partial charge in [-0.05, 0) is 38.5 Å². The van der Waals surface area contributed by atoms with Gasteiger partial charge in [0.05, 0.1) is 22.9 Å². The Balaban J connectivity index is 1.89. The first-order valence-corrected chi connectivity index (χ1v) is 8.94. The number of carbonyl (C=O) groups is 1. The number of aliphatic hydroxyl groups is 1. The molecule has 0 bridgehead atoms. The first kappa shape index (κ1) is 18.3. The molecule has 0 aromatic rings. The zero-order valence-corrected chi connectivity index (χ0v) is 14.5. The quantitative estimate of drug-likeness (QED) is 0.658. The summed E-state index contributed by atoms with van der Waals surface area (Å²) in [7, 11) is 0. The predicted octanol–water partition coefficient (Wildman–Crippen LogP) is 0.885. The van der Waals surface area contributed by atoms with Crippen molar-refractivity contribution in [3.63, 3.8) is 0 Å². The first-order chi connectivity index (χ1) is 10.3. The van der Waals surface area contributed by atoms with Gasteiger partial charge in [0.1, 0.15) is 0 Å². The van der Waals surface area contributed by atoms with E-state index in [0.717, 1.165) is 12.8 Å². The van der Waals surface area contributed by atoms with E-state index in [0.29, 0.717) is 31.8 Å². The molecule has 5 unspecified atom stereocenters. The van der Waals surface area contributed by atoms with Crippen LogP contribution in [0.15, 0.2) is 0 Å². The second-order valence-electron chi connectivity index (χ2n) is 6.76. The van der Waals surface area contributed by atoms with Gasteiger partial charge in [-0.2, -0.15) is 0 Å². The Morgan fingerprint density at radius 3 is 2.27 bits per heavy atom. The van der Waals surface area contributed by atoms with Crippen molar-refractivity contribution in [3.05, 3.63) is 0 Å². The van der Waals surface area contributed by atoms with Crippen LogP contribution in [0, 0.1) is 11.8 Å². The van der Waals surface area contributed by atoms with Crippen LogP contribution in [-0.2, 0) is 4.79 Å². The predicted molar refractivity (Wildman–Crippen MR) is 88.9 cm³/mol. The minimum absolute atomic E-state index is 0.00414. The van der Waals surface area contributed by atoms with Gasteiger partial charge in [-0.25, -0.2) is 0 Å². The largest absolute Gasteiger partial charge is 0.393 e. The summed E-state index contributed by atoms with van der Waals surface area (Å²) in [4.78, 5) is 13.7. The maximum Gasteiger partial charge on any atom is 0.239 e. The minimum atomic E-state index is -0.490. The van der Waals surface area contributed by atoms with Crippen LogP contribution in [0.1, 0.15) is 32.6 Å². The Bertz CT molecular complexity index is 389. The lowest BCUT2D eigenvalue weighted by Gasteiger charge is -2.42. The van der Waals surface area contributed by atoms with Crippen molar-refractivity contribution in [2.24, 2.45) is 23.3 Å². The fraction of sp³-hybridized carbons (Fsp3) is 0.933. The van der Waals surface area contributed by atoms with Crippen molar-refractivity contribution >= 4 is 29.1 Å². The summed E-state index contributed by atoms with van der Waals surface area (Å²) >= 11 is 12.4. The van der Waals surface area contributed by atoms with Gasteiger partial charge in [-0.15, -0.1) is 23.2 Å². The van der Waals surface area contributed by atoms with E-state index in [1.165, 1.54) is 0 Å². The molecule has 2 rings (SSSR count). The lowest BCUT2D eigenvalue weighted by molar-refractivity contribution is -0.133. The normalized spacial score (nSPS) is 36.9. The summed E-state index contributed by atoms with van der Waals surface area (Å²) in [6.45, 7) is 3.08. The van der Waals surface area contributed by atoms with Crippen LogP contribution in [-0.4, -0.2) is 57.9 Å². The van der Waals surface area contributed by atoms with Crippen molar-refractivity contribution in [1.82, 2.24) is 4.90 Å². The second kappa shape index (κ2) is 7.67. The molecule has 6 atom stereocenters. The third-order valence-corrected chi connectivity index (χ3v) is 6.22. The van der Waals surface area contributed by atoms with Gasteiger partial charge in [-0.1, -0.05) is 0 Å². The Labute approximate surface area is 142 Å². The van der Waals surface area contributed by atoms with E-state index in [-0.39, 0.29) is 28.6 Å². The summed E-state index contributed by atoms with van der Waals surface area (Å²) < 4.78 is 0. The molecule has 128 valence electrons. The fourth-order valence-corrected chi connectivity index (χ4v) is 4.27. The van der Waals surface area contributed by atoms with E-state index in [1.54, 1.807) is 6.92 Å². The Kier molecular flexibility index (Phi) is 6.37. The molecule has 1 aliphatic carbocycles. The maximum absolute atomic E-state index is 11.9. The van der Waals surface area contributed by atoms with Crippen LogP contribution in [0.4, 0.5) is 0 Å². The van der Waals surface area contributed by atoms with E-state index in [4.69, 9.17) is 34.7 Å². The number of amides is 1. The number of alkyl halides is 2. The van der Waals surface area contributed by atoms with E-state index in [9.17, 15) is 9.90 Å². The SMILES string of the molecule is C[C@H](N)C(=O)N1CCC(C(N)C2CC(Cl)C(Cl)CC2O)CC1. The number of carbonyl (C=O) groups excluding carboxylic acids is 1. The molecule has 1 saturated heterocycles. The molecule has 0 aromatic heterocycles. The third-order valence-electron chi connectivity index (χ3n) is 5.13. The summed E-state index contributed by atoms with van der Waals surface area (Å²) in [5.41, 5.74) is 12.1. The van der Waals surface area contributed by atoms with Crippen molar-refractivity contribution in [2.45, 2.75) is 61.5 Å². The van der Waals surface area contributed by atoms with Gasteiger partial charge in [-0.3, -0.25) is 4.79 Å². The molecule has 2 fully saturated rings. The third kappa shape index (κ3) is 4.06. The molecule has 1 heterocycles. The van der Waals surface area contributed by atoms with E-state index in [1.807, 2.05) is 4.90 Å². The van der Waals surface area contributed by atoms with Crippen LogP contribution >= 0.6 is 23.2 Å². The molecule has 22 heavy (non-hydrogen) atoms. The topological polar surface area (TPSA) is 92.6 Å². The molecular formula is C15H27Cl2N3O2. The number of likely N-dealkylation sites (tertiary alicyclic amines) is 1. The van der Waals surface area contributed by atoms with Crippen LogP contribution in [0.25, 0.3) is 0 Å². The molecule has 2 aliphatic rings. The number of aliphatic hydroxyl groups excluding tert-OH is 1. The molecule has 7 heteroatoms. The van der Waals surface area contributed by atoms with Crippen molar-refractivity contribution in [1.29, 1.82) is 0 Å². The van der Waals surface area contributed by atoms with Gasteiger partial charge in [0.25, 0.3) is 0 Å². The van der Waals surface area contributed by atoms with Gasteiger partial charge in [0, 0.05) is 25.0 Å². The lowest BCUT2D eigenvalue weighted by atomic mass is 9.74. The molecule has 1 saturated carbocycles. The number of rotatable bonds is 3. The Morgan fingerprint density at radius 2 is 1.73 bits per heavy atom. The van der Waals surface area contributed by atoms with Crippen LogP contribution in [0.3, 0.4) is 0 Å². The van der Waals surface area contributed by atoms with Crippen molar-refractivity contribution in [3.8, 4) is 0 Å². The minimum Gasteiger partial charge on any atom is -0.393 e. The highest BCUT2D eigenvalue weighted by molar-refractivity contribution is 6.30. The zero-order chi connectivity index (χ0) is 16.4. The van der Waals surface area contributed by atoms with Crippen molar-refractivity contribution < 1.29 is 9.90 Å².